The van der Waals surface area contributed by atoms with Crippen LogP contribution in [-0.2, 0) is 6.54 Å². The summed E-state index contributed by atoms with van der Waals surface area (Å²) in [5.41, 5.74) is 2.60. The molecule has 22 heavy (non-hydrogen) atoms. The summed E-state index contributed by atoms with van der Waals surface area (Å²) in [6.45, 7) is 5.03. The van der Waals surface area contributed by atoms with Crippen LogP contribution in [0.25, 0.3) is 0 Å². The summed E-state index contributed by atoms with van der Waals surface area (Å²) in [4.78, 5) is 4.69. The molecule has 124 valence electrons. The van der Waals surface area contributed by atoms with Crippen molar-refractivity contribution >= 4 is 5.69 Å². The second-order valence-electron chi connectivity index (χ2n) is 6.14. The highest BCUT2D eigenvalue weighted by atomic mass is 16.3. The van der Waals surface area contributed by atoms with Crippen molar-refractivity contribution in [1.82, 2.24) is 4.90 Å². The monoisotopic (exact) mass is 306 g/mol. The molecule has 1 saturated heterocycles. The molecule has 2 rings (SSSR count). The average molecular weight is 306 g/mol. The fraction of sp³-hybridized carbons (Fsp3) is 0.667. The van der Waals surface area contributed by atoms with Gasteiger partial charge in [0, 0.05) is 45.0 Å². The Labute approximate surface area is 134 Å². The molecular weight excluding hydrogens is 276 g/mol. The lowest BCUT2D eigenvalue weighted by molar-refractivity contribution is 0.174. The van der Waals surface area contributed by atoms with Crippen LogP contribution in [0.5, 0.6) is 0 Å². The molecule has 1 heterocycles. The third-order valence-corrected chi connectivity index (χ3v) is 4.36. The van der Waals surface area contributed by atoms with Gasteiger partial charge in [0.2, 0.25) is 0 Å². The molecule has 0 saturated carbocycles. The molecule has 0 amide bonds. The topological polar surface area (TPSA) is 46.9 Å². The maximum atomic E-state index is 9.14. The molecule has 0 spiro atoms. The van der Waals surface area contributed by atoms with Crippen LogP contribution < -0.4 is 4.90 Å². The van der Waals surface area contributed by atoms with Crippen molar-refractivity contribution in [2.45, 2.75) is 38.6 Å². The predicted molar refractivity (Wildman–Crippen MR) is 91.2 cm³/mol. The van der Waals surface area contributed by atoms with Gasteiger partial charge in [-0.2, -0.15) is 0 Å². The number of aliphatic hydroxyl groups excluding tert-OH is 2. The van der Waals surface area contributed by atoms with E-state index in [9.17, 15) is 0 Å². The zero-order valence-electron chi connectivity index (χ0n) is 13.6. The van der Waals surface area contributed by atoms with Crippen molar-refractivity contribution < 1.29 is 10.2 Å². The molecule has 1 aliphatic rings. The summed E-state index contributed by atoms with van der Waals surface area (Å²) in [5, 5.41) is 18.1. The summed E-state index contributed by atoms with van der Waals surface area (Å²) in [6, 6.07) is 8.85. The Kier molecular flexibility index (Phi) is 7.71. The van der Waals surface area contributed by atoms with E-state index in [1.807, 2.05) is 0 Å². The Morgan fingerprint density at radius 2 is 1.55 bits per heavy atom. The fourth-order valence-corrected chi connectivity index (χ4v) is 3.10. The summed E-state index contributed by atoms with van der Waals surface area (Å²) >= 11 is 0. The Bertz CT molecular complexity index is 400. The lowest BCUT2D eigenvalue weighted by atomic mass is 10.1. The van der Waals surface area contributed by atoms with Crippen molar-refractivity contribution in [1.29, 1.82) is 0 Å². The molecule has 2 N–H and O–H groups in total. The molecule has 0 bridgehead atoms. The van der Waals surface area contributed by atoms with Gasteiger partial charge in [0.25, 0.3) is 0 Å². The lowest BCUT2D eigenvalue weighted by Crippen LogP contribution is -2.28. The van der Waals surface area contributed by atoms with Crippen LogP contribution >= 0.6 is 0 Å². The van der Waals surface area contributed by atoms with Crippen molar-refractivity contribution in [2.75, 3.05) is 44.3 Å². The normalized spacial score (nSPS) is 16.0. The minimum atomic E-state index is 0.164. The Hall–Kier alpha value is -1.10. The summed E-state index contributed by atoms with van der Waals surface area (Å²) in [7, 11) is 0. The van der Waals surface area contributed by atoms with Crippen molar-refractivity contribution in [3.05, 3.63) is 29.8 Å². The van der Waals surface area contributed by atoms with Crippen LogP contribution in [0.2, 0.25) is 0 Å². The fourth-order valence-electron chi connectivity index (χ4n) is 3.10. The predicted octanol–water partition coefficient (Wildman–Crippen LogP) is 2.24. The summed E-state index contributed by atoms with van der Waals surface area (Å²) < 4.78 is 0. The first kappa shape index (κ1) is 17.3. The molecule has 0 aliphatic carbocycles. The van der Waals surface area contributed by atoms with Crippen LogP contribution in [-0.4, -0.2) is 54.5 Å². The average Bonchev–Trinajstić information content (AvgIpc) is 2.83. The molecule has 1 aromatic carbocycles. The van der Waals surface area contributed by atoms with Gasteiger partial charge in [0.1, 0.15) is 0 Å². The van der Waals surface area contributed by atoms with Gasteiger partial charge in [0.15, 0.2) is 0 Å². The summed E-state index contributed by atoms with van der Waals surface area (Å²) in [6.07, 6.45) is 6.07. The largest absolute Gasteiger partial charge is 0.396 e. The maximum absolute atomic E-state index is 9.14. The van der Waals surface area contributed by atoms with E-state index in [-0.39, 0.29) is 13.2 Å². The van der Waals surface area contributed by atoms with E-state index in [0.29, 0.717) is 6.54 Å². The number of benzene rings is 1. The SMILES string of the molecule is OCCCN(CCO)Cc1ccc(N2CCCCCC2)cc1. The standard InChI is InChI=1S/C18H30N2O2/c21-14-5-10-19(13-15-22)16-17-6-8-18(9-7-17)20-11-3-1-2-4-12-20/h6-9,21-22H,1-5,10-16H2. The van der Waals surface area contributed by atoms with Crippen LogP contribution in [0.15, 0.2) is 24.3 Å². The smallest absolute Gasteiger partial charge is 0.0558 e. The molecular formula is C18H30N2O2. The number of aliphatic hydroxyl groups is 2. The molecule has 0 atom stereocenters. The van der Waals surface area contributed by atoms with Crippen LogP contribution in [0.1, 0.15) is 37.7 Å². The molecule has 0 unspecified atom stereocenters. The number of hydrogen-bond acceptors (Lipinski definition) is 4. The molecule has 1 fully saturated rings. The zero-order valence-corrected chi connectivity index (χ0v) is 13.6. The number of anilines is 1. The van der Waals surface area contributed by atoms with Gasteiger partial charge in [-0.25, -0.2) is 0 Å². The molecule has 0 aromatic heterocycles. The van der Waals surface area contributed by atoms with Gasteiger partial charge >= 0.3 is 0 Å². The summed E-state index contributed by atoms with van der Waals surface area (Å²) in [5.74, 6) is 0. The van der Waals surface area contributed by atoms with E-state index >= 15 is 0 Å². The molecule has 0 radical (unpaired) electrons. The highest BCUT2D eigenvalue weighted by molar-refractivity contribution is 5.47. The Morgan fingerprint density at radius 1 is 0.864 bits per heavy atom. The quantitative estimate of drug-likeness (QED) is 0.773. The lowest BCUT2D eigenvalue weighted by Gasteiger charge is -2.24. The van der Waals surface area contributed by atoms with E-state index in [0.717, 1.165) is 19.5 Å². The van der Waals surface area contributed by atoms with Gasteiger partial charge in [0.05, 0.1) is 6.61 Å². The van der Waals surface area contributed by atoms with Crippen molar-refractivity contribution in [3.63, 3.8) is 0 Å². The minimum absolute atomic E-state index is 0.164. The Morgan fingerprint density at radius 3 is 2.14 bits per heavy atom. The van der Waals surface area contributed by atoms with Crippen molar-refractivity contribution in [2.24, 2.45) is 0 Å². The third-order valence-electron chi connectivity index (χ3n) is 4.36. The Balaban J connectivity index is 1.91. The van der Waals surface area contributed by atoms with Crippen LogP contribution in [0.3, 0.4) is 0 Å². The highest BCUT2D eigenvalue weighted by Crippen LogP contribution is 2.20. The van der Waals surface area contributed by atoms with Crippen LogP contribution in [0, 0.1) is 0 Å². The van der Waals surface area contributed by atoms with E-state index in [4.69, 9.17) is 10.2 Å². The van der Waals surface area contributed by atoms with Gasteiger partial charge < -0.3 is 15.1 Å². The van der Waals surface area contributed by atoms with E-state index in [2.05, 4.69) is 34.1 Å². The van der Waals surface area contributed by atoms with E-state index in [1.54, 1.807) is 0 Å². The van der Waals surface area contributed by atoms with Gasteiger partial charge in [-0.3, -0.25) is 4.90 Å². The first-order valence-electron chi connectivity index (χ1n) is 8.61. The highest BCUT2D eigenvalue weighted by Gasteiger charge is 2.10. The third kappa shape index (κ3) is 5.59. The molecule has 4 heteroatoms. The molecule has 4 nitrogen and oxygen atoms in total. The second-order valence-corrected chi connectivity index (χ2v) is 6.14. The number of rotatable bonds is 8. The molecule has 1 aromatic rings. The zero-order chi connectivity index (χ0) is 15.6. The second kappa shape index (κ2) is 9.82. The minimum Gasteiger partial charge on any atom is -0.396 e. The van der Waals surface area contributed by atoms with Crippen molar-refractivity contribution in [3.8, 4) is 0 Å². The first-order valence-corrected chi connectivity index (χ1v) is 8.61. The number of hydrogen-bond donors (Lipinski definition) is 2. The van der Waals surface area contributed by atoms with E-state index < -0.39 is 0 Å². The van der Waals surface area contributed by atoms with E-state index in [1.165, 1.54) is 50.0 Å². The van der Waals surface area contributed by atoms with Gasteiger partial charge in [-0.1, -0.05) is 25.0 Å². The van der Waals surface area contributed by atoms with Gasteiger partial charge in [-0.15, -0.1) is 0 Å². The van der Waals surface area contributed by atoms with Crippen LogP contribution in [0.4, 0.5) is 5.69 Å². The molecule has 1 aliphatic heterocycles. The first-order chi connectivity index (χ1) is 10.8. The maximum Gasteiger partial charge on any atom is 0.0558 e. The number of nitrogens with zero attached hydrogens (tertiary/aromatic N) is 2. The van der Waals surface area contributed by atoms with Gasteiger partial charge in [-0.05, 0) is 37.0 Å².